The Bertz CT molecular complexity index is 1380. The molecule has 0 bridgehead atoms. The summed E-state index contributed by atoms with van der Waals surface area (Å²) in [5.41, 5.74) is 3.13. The summed E-state index contributed by atoms with van der Waals surface area (Å²) in [6.07, 6.45) is 5.87. The number of amides is 1. The van der Waals surface area contributed by atoms with Gasteiger partial charge in [0.05, 0.1) is 5.39 Å². The van der Waals surface area contributed by atoms with E-state index in [2.05, 4.69) is 20.4 Å². The molecule has 0 atom stereocenters. The summed E-state index contributed by atoms with van der Waals surface area (Å²) in [4.78, 5) is 35.0. The first kappa shape index (κ1) is 21.1. The average Bonchev–Trinajstić information content (AvgIpc) is 3.48. The molecule has 1 N–H and O–H groups in total. The number of nitrogens with zero attached hydrogens (tertiary/aromatic N) is 4. The SMILES string of the molecule is Cc1ccc(-c2noc(-c3cn(CC(=O)NC4CCCC4)c4nc(C)ccc4c3=O)n2)cc1. The zero-order valence-electron chi connectivity index (χ0n) is 18.7. The van der Waals surface area contributed by atoms with E-state index in [0.29, 0.717) is 16.9 Å². The zero-order valence-corrected chi connectivity index (χ0v) is 18.7. The summed E-state index contributed by atoms with van der Waals surface area (Å²) < 4.78 is 7.15. The van der Waals surface area contributed by atoms with Crippen LogP contribution < -0.4 is 10.7 Å². The normalized spacial score (nSPS) is 14.1. The van der Waals surface area contributed by atoms with Crippen LogP contribution in [0.3, 0.4) is 0 Å². The van der Waals surface area contributed by atoms with Crippen molar-refractivity contribution < 1.29 is 9.32 Å². The number of benzene rings is 1. The van der Waals surface area contributed by atoms with Gasteiger partial charge in [0.1, 0.15) is 17.8 Å². The fraction of sp³-hybridized carbons (Fsp3) is 0.320. The van der Waals surface area contributed by atoms with E-state index in [-0.39, 0.29) is 35.4 Å². The number of hydrogen-bond acceptors (Lipinski definition) is 6. The second-order valence-electron chi connectivity index (χ2n) is 8.66. The Morgan fingerprint density at radius 1 is 1.09 bits per heavy atom. The number of rotatable bonds is 5. The summed E-state index contributed by atoms with van der Waals surface area (Å²) in [5.74, 6) is 0.409. The fourth-order valence-electron chi connectivity index (χ4n) is 4.28. The molecular formula is C25H25N5O3. The van der Waals surface area contributed by atoms with Crippen molar-refractivity contribution in [1.82, 2.24) is 25.0 Å². The van der Waals surface area contributed by atoms with E-state index < -0.39 is 0 Å². The highest BCUT2D eigenvalue weighted by atomic mass is 16.5. The van der Waals surface area contributed by atoms with Crippen LogP contribution in [0.1, 0.15) is 36.9 Å². The minimum atomic E-state index is -0.260. The Balaban J connectivity index is 1.54. The van der Waals surface area contributed by atoms with Gasteiger partial charge in [0.25, 0.3) is 5.89 Å². The van der Waals surface area contributed by atoms with Gasteiger partial charge in [-0.1, -0.05) is 47.8 Å². The lowest BCUT2D eigenvalue weighted by Crippen LogP contribution is -2.35. The molecule has 4 aromatic rings. The molecule has 8 nitrogen and oxygen atoms in total. The first-order valence-electron chi connectivity index (χ1n) is 11.2. The average molecular weight is 444 g/mol. The van der Waals surface area contributed by atoms with Gasteiger partial charge in [-0.2, -0.15) is 4.98 Å². The highest BCUT2D eigenvalue weighted by molar-refractivity contribution is 5.83. The van der Waals surface area contributed by atoms with E-state index >= 15 is 0 Å². The second kappa shape index (κ2) is 8.61. The maximum absolute atomic E-state index is 13.3. The predicted octanol–water partition coefficient (Wildman–Crippen LogP) is 3.79. The van der Waals surface area contributed by atoms with Gasteiger partial charge >= 0.3 is 0 Å². The standard InChI is InChI=1S/C25H25N5O3/c1-15-7-10-17(11-8-15)23-28-25(33-29-23)20-13-30(14-21(31)27-18-5-3-4-6-18)24-19(22(20)32)12-9-16(2)26-24/h7-13,18H,3-6,14H2,1-2H3,(H,27,31). The Morgan fingerprint density at radius 2 is 1.85 bits per heavy atom. The minimum Gasteiger partial charge on any atom is -0.352 e. The molecule has 0 aliphatic heterocycles. The smallest absolute Gasteiger partial charge is 0.263 e. The van der Waals surface area contributed by atoms with Gasteiger partial charge in [0.2, 0.25) is 17.2 Å². The number of aromatic nitrogens is 4. The summed E-state index contributed by atoms with van der Waals surface area (Å²) in [5, 5.41) is 7.56. The Hall–Kier alpha value is -3.81. The van der Waals surface area contributed by atoms with Crippen LogP contribution in [0.2, 0.25) is 0 Å². The van der Waals surface area contributed by atoms with Crippen LogP contribution in [0.4, 0.5) is 0 Å². The molecular weight excluding hydrogens is 418 g/mol. The lowest BCUT2D eigenvalue weighted by molar-refractivity contribution is -0.122. The number of carbonyl (C=O) groups is 1. The topological polar surface area (TPSA) is 103 Å². The first-order valence-corrected chi connectivity index (χ1v) is 11.2. The van der Waals surface area contributed by atoms with Crippen molar-refractivity contribution >= 4 is 16.9 Å². The summed E-state index contributed by atoms with van der Waals surface area (Å²) in [6.45, 7) is 3.91. The summed E-state index contributed by atoms with van der Waals surface area (Å²) in [6, 6.07) is 11.5. The molecule has 5 rings (SSSR count). The van der Waals surface area contributed by atoms with Crippen molar-refractivity contribution in [3.8, 4) is 22.8 Å². The molecule has 1 saturated carbocycles. The molecule has 0 saturated heterocycles. The van der Waals surface area contributed by atoms with Crippen molar-refractivity contribution in [2.45, 2.75) is 52.1 Å². The number of carbonyl (C=O) groups excluding carboxylic acids is 1. The number of pyridine rings is 2. The lowest BCUT2D eigenvalue weighted by Gasteiger charge is -2.15. The molecule has 0 radical (unpaired) electrons. The predicted molar refractivity (Wildman–Crippen MR) is 125 cm³/mol. The second-order valence-corrected chi connectivity index (χ2v) is 8.66. The first-order chi connectivity index (χ1) is 16.0. The number of nitrogens with one attached hydrogen (secondary N) is 1. The van der Waals surface area contributed by atoms with Gasteiger partial charge in [-0.05, 0) is 38.8 Å². The summed E-state index contributed by atoms with van der Waals surface area (Å²) in [7, 11) is 0. The molecule has 0 spiro atoms. The Labute approximate surface area is 190 Å². The van der Waals surface area contributed by atoms with E-state index in [1.165, 1.54) is 0 Å². The van der Waals surface area contributed by atoms with E-state index in [1.54, 1.807) is 22.9 Å². The lowest BCUT2D eigenvalue weighted by atomic mass is 10.1. The van der Waals surface area contributed by atoms with Gasteiger partial charge in [0, 0.05) is 23.5 Å². The van der Waals surface area contributed by atoms with E-state index in [9.17, 15) is 9.59 Å². The van der Waals surface area contributed by atoms with E-state index in [0.717, 1.165) is 42.5 Å². The van der Waals surface area contributed by atoms with Crippen molar-refractivity contribution in [2.75, 3.05) is 0 Å². The minimum absolute atomic E-state index is 0.0513. The molecule has 1 fully saturated rings. The number of fused-ring (bicyclic) bond motifs is 1. The maximum Gasteiger partial charge on any atom is 0.263 e. The zero-order chi connectivity index (χ0) is 22.9. The Kier molecular flexibility index (Phi) is 5.50. The maximum atomic E-state index is 13.3. The van der Waals surface area contributed by atoms with E-state index in [4.69, 9.17) is 4.52 Å². The number of aryl methyl sites for hydroxylation is 2. The van der Waals surface area contributed by atoms with Gasteiger partial charge in [-0.15, -0.1) is 0 Å². The van der Waals surface area contributed by atoms with Crippen LogP contribution in [0.25, 0.3) is 33.9 Å². The van der Waals surface area contributed by atoms with Gasteiger partial charge < -0.3 is 14.4 Å². The van der Waals surface area contributed by atoms with Crippen molar-refractivity contribution in [2.24, 2.45) is 0 Å². The molecule has 1 amide bonds. The van der Waals surface area contributed by atoms with Crippen LogP contribution in [-0.4, -0.2) is 31.6 Å². The third kappa shape index (κ3) is 4.28. The highest BCUT2D eigenvalue weighted by Gasteiger charge is 2.21. The number of hydrogen-bond donors (Lipinski definition) is 1. The largest absolute Gasteiger partial charge is 0.352 e. The van der Waals surface area contributed by atoms with Crippen molar-refractivity contribution in [1.29, 1.82) is 0 Å². The molecule has 1 aliphatic carbocycles. The molecule has 1 aromatic carbocycles. The quantitative estimate of drug-likeness (QED) is 0.503. The third-order valence-corrected chi connectivity index (χ3v) is 6.06. The highest BCUT2D eigenvalue weighted by Crippen LogP contribution is 2.23. The monoisotopic (exact) mass is 443 g/mol. The fourth-order valence-corrected chi connectivity index (χ4v) is 4.28. The van der Waals surface area contributed by atoms with Crippen molar-refractivity contribution in [3.63, 3.8) is 0 Å². The summed E-state index contributed by atoms with van der Waals surface area (Å²) >= 11 is 0. The molecule has 3 heterocycles. The van der Waals surface area contributed by atoms with Crippen LogP contribution in [0.15, 0.2) is 51.9 Å². The van der Waals surface area contributed by atoms with E-state index in [1.807, 2.05) is 38.1 Å². The molecule has 8 heteroatoms. The van der Waals surface area contributed by atoms with Gasteiger partial charge in [0.15, 0.2) is 0 Å². The van der Waals surface area contributed by atoms with Crippen LogP contribution in [0.5, 0.6) is 0 Å². The molecule has 3 aromatic heterocycles. The van der Waals surface area contributed by atoms with Crippen LogP contribution in [-0.2, 0) is 11.3 Å². The van der Waals surface area contributed by atoms with Crippen molar-refractivity contribution in [3.05, 3.63) is 64.1 Å². The van der Waals surface area contributed by atoms with Gasteiger partial charge in [-0.3, -0.25) is 9.59 Å². The van der Waals surface area contributed by atoms with Crippen LogP contribution in [0, 0.1) is 13.8 Å². The third-order valence-electron chi connectivity index (χ3n) is 6.06. The molecule has 1 aliphatic rings. The Morgan fingerprint density at radius 3 is 2.61 bits per heavy atom. The van der Waals surface area contributed by atoms with Crippen LogP contribution >= 0.6 is 0 Å². The molecule has 33 heavy (non-hydrogen) atoms. The molecule has 0 unspecified atom stereocenters. The molecule has 168 valence electrons. The van der Waals surface area contributed by atoms with Gasteiger partial charge in [-0.25, -0.2) is 4.98 Å².